The fraction of sp³-hybridized carbons (Fsp3) is 0.619. The van der Waals surface area contributed by atoms with Gasteiger partial charge < -0.3 is 5.32 Å². The van der Waals surface area contributed by atoms with E-state index in [2.05, 4.69) is 43.3 Å². The second-order valence-corrected chi connectivity index (χ2v) is 8.80. The van der Waals surface area contributed by atoms with Gasteiger partial charge in [-0.25, -0.2) is 4.68 Å². The van der Waals surface area contributed by atoms with Gasteiger partial charge in [0.15, 0.2) is 0 Å². The standard InChI is InChI=1S/C21H30N4O2/c1-13(2)18(12-25-19-9-7-6-8-17(19)23-24-25)22-20(27)11-15-10-16(14(3)26)21(15,4)5/h6-9,13,15-16,18H,10-12H2,1-5H3,(H,22,27)/t15-,16+,18+/m1/s1. The highest BCUT2D eigenvalue weighted by molar-refractivity contribution is 5.81. The van der Waals surface area contributed by atoms with Crippen LogP contribution in [0.1, 0.15) is 47.5 Å². The molecule has 3 atom stereocenters. The summed E-state index contributed by atoms with van der Waals surface area (Å²) in [5, 5.41) is 11.6. The number of hydrogen-bond donors (Lipinski definition) is 1. The Kier molecular flexibility index (Phi) is 5.36. The van der Waals surface area contributed by atoms with Crippen LogP contribution in [-0.2, 0) is 16.1 Å². The molecule has 27 heavy (non-hydrogen) atoms. The lowest BCUT2D eigenvalue weighted by atomic mass is 9.52. The van der Waals surface area contributed by atoms with Gasteiger partial charge in [0.05, 0.1) is 18.1 Å². The number of fused-ring (bicyclic) bond motifs is 1. The van der Waals surface area contributed by atoms with E-state index in [1.807, 2.05) is 28.9 Å². The Labute approximate surface area is 160 Å². The molecule has 1 amide bonds. The van der Waals surface area contributed by atoms with Gasteiger partial charge in [-0.1, -0.05) is 45.0 Å². The van der Waals surface area contributed by atoms with Crippen LogP contribution in [0.3, 0.4) is 0 Å². The van der Waals surface area contributed by atoms with Crippen LogP contribution in [0.4, 0.5) is 0 Å². The maximum absolute atomic E-state index is 12.7. The van der Waals surface area contributed by atoms with Crippen molar-refractivity contribution in [2.24, 2.45) is 23.2 Å². The van der Waals surface area contributed by atoms with Crippen molar-refractivity contribution in [2.45, 2.75) is 60.0 Å². The van der Waals surface area contributed by atoms with Gasteiger partial charge in [0, 0.05) is 12.3 Å². The van der Waals surface area contributed by atoms with Crippen molar-refractivity contribution in [3.8, 4) is 0 Å². The number of amides is 1. The quantitative estimate of drug-likeness (QED) is 0.812. The van der Waals surface area contributed by atoms with Gasteiger partial charge in [-0.15, -0.1) is 5.10 Å². The van der Waals surface area contributed by atoms with Crippen LogP contribution in [0.25, 0.3) is 11.0 Å². The molecule has 1 aromatic heterocycles. The number of aromatic nitrogens is 3. The van der Waals surface area contributed by atoms with Gasteiger partial charge in [-0.3, -0.25) is 9.59 Å². The summed E-state index contributed by atoms with van der Waals surface area (Å²) < 4.78 is 1.86. The van der Waals surface area contributed by atoms with E-state index >= 15 is 0 Å². The Morgan fingerprint density at radius 2 is 2.00 bits per heavy atom. The van der Waals surface area contributed by atoms with Crippen LogP contribution >= 0.6 is 0 Å². The average Bonchev–Trinajstić information content (AvgIpc) is 3.00. The zero-order valence-electron chi connectivity index (χ0n) is 16.9. The van der Waals surface area contributed by atoms with Crippen molar-refractivity contribution >= 4 is 22.7 Å². The summed E-state index contributed by atoms with van der Waals surface area (Å²) in [4.78, 5) is 24.4. The predicted molar refractivity (Wildman–Crippen MR) is 105 cm³/mol. The first-order chi connectivity index (χ1) is 12.7. The third-order valence-electron chi connectivity index (χ3n) is 6.33. The smallest absolute Gasteiger partial charge is 0.220 e. The molecule has 1 aliphatic rings. The molecule has 0 aliphatic heterocycles. The minimum absolute atomic E-state index is 0.0191. The number of carbonyl (C=O) groups excluding carboxylic acids is 2. The van der Waals surface area contributed by atoms with E-state index in [4.69, 9.17) is 0 Å². The Morgan fingerprint density at radius 1 is 1.30 bits per heavy atom. The van der Waals surface area contributed by atoms with E-state index in [-0.39, 0.29) is 40.9 Å². The van der Waals surface area contributed by atoms with Gasteiger partial charge in [0.25, 0.3) is 0 Å². The fourth-order valence-electron chi connectivity index (χ4n) is 4.20. The number of nitrogens with one attached hydrogen (secondary N) is 1. The van der Waals surface area contributed by atoms with Crippen LogP contribution in [0.2, 0.25) is 0 Å². The van der Waals surface area contributed by atoms with E-state index in [0.717, 1.165) is 17.5 Å². The average molecular weight is 370 g/mol. The summed E-state index contributed by atoms with van der Waals surface area (Å²) in [6.45, 7) is 10.6. The summed E-state index contributed by atoms with van der Waals surface area (Å²) in [7, 11) is 0. The topological polar surface area (TPSA) is 76.9 Å². The summed E-state index contributed by atoms with van der Waals surface area (Å²) in [6, 6.07) is 7.82. The summed E-state index contributed by atoms with van der Waals surface area (Å²) in [6.07, 6.45) is 1.29. The number of rotatable bonds is 7. The number of ketones is 1. The van der Waals surface area contributed by atoms with Gasteiger partial charge in [0.1, 0.15) is 11.3 Å². The lowest BCUT2D eigenvalue weighted by Crippen LogP contribution is -2.51. The highest BCUT2D eigenvalue weighted by Crippen LogP contribution is 2.53. The SMILES string of the molecule is CC(=O)[C@@H]1C[C@H](CC(=O)N[C@@H](Cn2nnc3ccccc32)C(C)C)C1(C)C. The second-order valence-electron chi connectivity index (χ2n) is 8.80. The molecule has 6 heteroatoms. The van der Waals surface area contributed by atoms with E-state index in [1.54, 1.807) is 6.92 Å². The van der Waals surface area contributed by atoms with Crippen molar-refractivity contribution in [3.05, 3.63) is 24.3 Å². The minimum atomic E-state index is -0.0986. The first kappa shape index (κ1) is 19.5. The Balaban J connectivity index is 1.63. The molecular weight excluding hydrogens is 340 g/mol. The largest absolute Gasteiger partial charge is 0.351 e. The van der Waals surface area contributed by atoms with Gasteiger partial charge in [-0.2, -0.15) is 0 Å². The van der Waals surface area contributed by atoms with Crippen LogP contribution in [0, 0.1) is 23.2 Å². The third-order valence-corrected chi connectivity index (χ3v) is 6.33. The number of hydrogen-bond acceptors (Lipinski definition) is 4. The molecule has 1 heterocycles. The van der Waals surface area contributed by atoms with Gasteiger partial charge in [0.2, 0.25) is 5.91 Å². The lowest BCUT2D eigenvalue weighted by molar-refractivity contribution is -0.141. The lowest BCUT2D eigenvalue weighted by Gasteiger charge is -2.51. The molecule has 0 spiro atoms. The van der Waals surface area contributed by atoms with Crippen LogP contribution < -0.4 is 5.32 Å². The molecule has 1 aromatic carbocycles. The number of carbonyl (C=O) groups is 2. The monoisotopic (exact) mass is 370 g/mol. The number of Topliss-reactive ketones (excluding diaryl/α,β-unsaturated/α-hetero) is 1. The molecule has 0 radical (unpaired) electrons. The third kappa shape index (κ3) is 3.89. The molecule has 0 bridgehead atoms. The van der Waals surface area contributed by atoms with Crippen molar-refractivity contribution in [1.29, 1.82) is 0 Å². The van der Waals surface area contributed by atoms with Crippen molar-refractivity contribution in [2.75, 3.05) is 0 Å². The molecule has 146 valence electrons. The zero-order valence-corrected chi connectivity index (χ0v) is 16.9. The second kappa shape index (κ2) is 7.41. The van der Waals surface area contributed by atoms with Crippen molar-refractivity contribution < 1.29 is 9.59 Å². The summed E-state index contributed by atoms with van der Waals surface area (Å²) in [5.41, 5.74) is 1.73. The number of para-hydroxylation sites is 1. The van der Waals surface area contributed by atoms with Crippen molar-refractivity contribution in [3.63, 3.8) is 0 Å². The first-order valence-corrected chi connectivity index (χ1v) is 9.78. The molecule has 6 nitrogen and oxygen atoms in total. The molecule has 1 fully saturated rings. The maximum Gasteiger partial charge on any atom is 0.220 e. The predicted octanol–water partition coefficient (Wildman–Crippen LogP) is 3.21. The summed E-state index contributed by atoms with van der Waals surface area (Å²) >= 11 is 0. The van der Waals surface area contributed by atoms with Gasteiger partial charge >= 0.3 is 0 Å². The number of nitrogens with zero attached hydrogens (tertiary/aromatic N) is 3. The molecular formula is C21H30N4O2. The summed E-state index contributed by atoms with van der Waals surface area (Å²) in [5.74, 6) is 0.897. The number of benzene rings is 1. The van der Waals surface area contributed by atoms with Crippen molar-refractivity contribution in [1.82, 2.24) is 20.3 Å². The normalized spacial score (nSPS) is 22.4. The van der Waals surface area contributed by atoms with Gasteiger partial charge in [-0.05, 0) is 42.7 Å². The molecule has 2 aromatic rings. The highest BCUT2D eigenvalue weighted by Gasteiger charge is 2.50. The van der Waals surface area contributed by atoms with E-state index < -0.39 is 0 Å². The fourth-order valence-corrected chi connectivity index (χ4v) is 4.20. The van der Waals surface area contributed by atoms with Crippen LogP contribution in [0.5, 0.6) is 0 Å². The Hall–Kier alpha value is -2.24. The molecule has 1 N–H and O–H groups in total. The highest BCUT2D eigenvalue weighted by atomic mass is 16.1. The van der Waals surface area contributed by atoms with Crippen LogP contribution in [0.15, 0.2) is 24.3 Å². The van der Waals surface area contributed by atoms with E-state index in [9.17, 15) is 9.59 Å². The maximum atomic E-state index is 12.7. The minimum Gasteiger partial charge on any atom is -0.351 e. The van der Waals surface area contributed by atoms with Crippen LogP contribution in [-0.4, -0.2) is 32.7 Å². The molecule has 3 rings (SSSR count). The molecule has 1 saturated carbocycles. The zero-order chi connectivity index (χ0) is 19.8. The van der Waals surface area contributed by atoms with E-state index in [0.29, 0.717) is 13.0 Å². The molecule has 1 aliphatic carbocycles. The van der Waals surface area contributed by atoms with E-state index in [1.165, 1.54) is 0 Å². The molecule has 0 saturated heterocycles. The Morgan fingerprint density at radius 3 is 2.63 bits per heavy atom. The molecule has 0 unspecified atom stereocenters. The Bertz CT molecular complexity index is 840. The first-order valence-electron chi connectivity index (χ1n) is 9.78.